The normalized spacial score (nSPS) is 36.0. The van der Waals surface area contributed by atoms with E-state index in [9.17, 15) is 4.79 Å². The van der Waals surface area contributed by atoms with Gasteiger partial charge in [0.2, 0.25) is 0 Å². The van der Waals surface area contributed by atoms with Crippen LogP contribution in [0.3, 0.4) is 0 Å². The third-order valence-corrected chi connectivity index (χ3v) is 6.65. The number of thioether (sulfide) groups is 1. The van der Waals surface area contributed by atoms with Crippen molar-refractivity contribution in [1.82, 2.24) is 5.32 Å². The molecular formula is C17H29NO2S. The minimum Gasteiger partial charge on any atom is -0.375 e. The van der Waals surface area contributed by atoms with Gasteiger partial charge in [-0.25, -0.2) is 0 Å². The molecule has 0 saturated carbocycles. The Morgan fingerprint density at radius 3 is 2.81 bits per heavy atom. The fourth-order valence-electron chi connectivity index (χ4n) is 4.51. The number of Topliss-reactive ketones (excluding diaryl/α,β-unsaturated/α-hetero) is 1. The molecule has 3 rings (SSSR count). The van der Waals surface area contributed by atoms with Crippen molar-refractivity contribution >= 4 is 17.5 Å². The first-order valence-corrected chi connectivity index (χ1v) is 9.86. The second-order valence-electron chi connectivity index (χ2n) is 7.06. The smallest absolute Gasteiger partial charge is 0.156 e. The van der Waals surface area contributed by atoms with Crippen LogP contribution in [0.25, 0.3) is 0 Å². The largest absolute Gasteiger partial charge is 0.375 e. The molecule has 3 saturated heterocycles. The minimum absolute atomic E-state index is 0.0236. The highest BCUT2D eigenvalue weighted by Crippen LogP contribution is 2.42. The maximum Gasteiger partial charge on any atom is 0.156 e. The molecule has 21 heavy (non-hydrogen) atoms. The summed E-state index contributed by atoms with van der Waals surface area (Å²) in [6.45, 7) is 3.99. The summed E-state index contributed by atoms with van der Waals surface area (Å²) in [4.78, 5) is 13.2. The van der Waals surface area contributed by atoms with Crippen LogP contribution in [-0.2, 0) is 9.53 Å². The van der Waals surface area contributed by atoms with E-state index in [1.54, 1.807) is 0 Å². The number of carbonyl (C=O) groups excluding carboxylic acids is 1. The highest BCUT2D eigenvalue weighted by molar-refractivity contribution is 7.99. The lowest BCUT2D eigenvalue weighted by molar-refractivity contribution is -0.144. The summed E-state index contributed by atoms with van der Waals surface area (Å²) in [7, 11) is 0. The number of ether oxygens (including phenoxy) is 1. The molecule has 3 aliphatic heterocycles. The van der Waals surface area contributed by atoms with Crippen molar-refractivity contribution in [3.63, 3.8) is 0 Å². The van der Waals surface area contributed by atoms with E-state index in [0.717, 1.165) is 64.5 Å². The van der Waals surface area contributed by atoms with Gasteiger partial charge in [-0.3, -0.25) is 4.79 Å². The standard InChI is InChI=1S/C17H29NO2S/c1-2-5-17(6-3-9-18-17)15(19)14-4-10-20-16(13-14)7-11-21-12-8-16/h14,18H,2-13H2,1H3. The van der Waals surface area contributed by atoms with Gasteiger partial charge in [0.15, 0.2) is 5.78 Å². The Labute approximate surface area is 133 Å². The molecule has 0 radical (unpaired) electrons. The van der Waals surface area contributed by atoms with Crippen molar-refractivity contribution in [2.45, 2.75) is 69.4 Å². The molecule has 0 aromatic heterocycles. The number of carbonyl (C=O) groups is 1. The first kappa shape index (κ1) is 15.8. The molecule has 0 bridgehead atoms. The molecule has 2 unspecified atom stereocenters. The van der Waals surface area contributed by atoms with E-state index in [0.29, 0.717) is 5.78 Å². The Bertz CT molecular complexity index is 367. The molecule has 0 aromatic carbocycles. The van der Waals surface area contributed by atoms with Crippen LogP contribution in [0.2, 0.25) is 0 Å². The monoisotopic (exact) mass is 311 g/mol. The molecule has 3 fully saturated rings. The van der Waals surface area contributed by atoms with Gasteiger partial charge in [0.1, 0.15) is 0 Å². The maximum absolute atomic E-state index is 13.2. The van der Waals surface area contributed by atoms with E-state index in [1.807, 2.05) is 11.8 Å². The number of rotatable bonds is 4. The number of ketones is 1. The third kappa shape index (κ3) is 3.18. The van der Waals surface area contributed by atoms with Crippen LogP contribution in [0, 0.1) is 5.92 Å². The fraction of sp³-hybridized carbons (Fsp3) is 0.941. The van der Waals surface area contributed by atoms with Crippen molar-refractivity contribution in [2.24, 2.45) is 5.92 Å². The van der Waals surface area contributed by atoms with Crippen LogP contribution in [0.5, 0.6) is 0 Å². The van der Waals surface area contributed by atoms with Crippen LogP contribution in [-0.4, -0.2) is 41.6 Å². The molecule has 120 valence electrons. The zero-order valence-corrected chi connectivity index (χ0v) is 14.1. The Balaban J connectivity index is 1.71. The number of hydrogen-bond acceptors (Lipinski definition) is 4. The van der Waals surface area contributed by atoms with Gasteiger partial charge in [0.05, 0.1) is 11.1 Å². The average Bonchev–Trinajstić information content (AvgIpc) is 2.97. The van der Waals surface area contributed by atoms with Crippen LogP contribution in [0.15, 0.2) is 0 Å². The van der Waals surface area contributed by atoms with Gasteiger partial charge in [0, 0.05) is 12.5 Å². The Morgan fingerprint density at radius 2 is 2.14 bits per heavy atom. The van der Waals surface area contributed by atoms with Gasteiger partial charge in [-0.05, 0) is 63.0 Å². The average molecular weight is 311 g/mol. The maximum atomic E-state index is 13.2. The predicted octanol–water partition coefficient (Wildman–Crippen LogP) is 3.17. The lowest BCUT2D eigenvalue weighted by atomic mass is 9.73. The van der Waals surface area contributed by atoms with Crippen molar-refractivity contribution in [3.8, 4) is 0 Å². The Hall–Kier alpha value is -0.0600. The summed E-state index contributed by atoms with van der Waals surface area (Å²) in [6, 6.07) is 0. The number of nitrogens with one attached hydrogen (secondary N) is 1. The molecule has 2 atom stereocenters. The van der Waals surface area contributed by atoms with Crippen molar-refractivity contribution in [2.75, 3.05) is 24.7 Å². The Morgan fingerprint density at radius 1 is 1.33 bits per heavy atom. The van der Waals surface area contributed by atoms with Crippen LogP contribution < -0.4 is 5.32 Å². The van der Waals surface area contributed by atoms with Gasteiger partial charge in [-0.15, -0.1) is 0 Å². The fourth-order valence-corrected chi connectivity index (χ4v) is 5.75. The molecule has 0 amide bonds. The summed E-state index contributed by atoms with van der Waals surface area (Å²) in [5.74, 6) is 3.11. The highest BCUT2D eigenvalue weighted by atomic mass is 32.2. The first-order valence-electron chi connectivity index (χ1n) is 8.71. The Kier molecular flexibility index (Phi) is 4.97. The summed E-state index contributed by atoms with van der Waals surface area (Å²) in [6.07, 6.45) is 8.46. The zero-order chi connectivity index (χ0) is 14.8. The lowest BCUT2D eigenvalue weighted by Crippen LogP contribution is -2.54. The van der Waals surface area contributed by atoms with Gasteiger partial charge in [-0.2, -0.15) is 11.8 Å². The van der Waals surface area contributed by atoms with Crippen LogP contribution in [0.1, 0.15) is 58.3 Å². The van der Waals surface area contributed by atoms with E-state index in [1.165, 1.54) is 11.5 Å². The summed E-state index contributed by atoms with van der Waals surface area (Å²) in [5, 5.41) is 3.56. The molecule has 1 spiro atoms. The quantitative estimate of drug-likeness (QED) is 0.865. The predicted molar refractivity (Wildman–Crippen MR) is 87.8 cm³/mol. The zero-order valence-electron chi connectivity index (χ0n) is 13.3. The molecule has 0 aliphatic carbocycles. The van der Waals surface area contributed by atoms with E-state index in [4.69, 9.17) is 4.74 Å². The van der Waals surface area contributed by atoms with E-state index < -0.39 is 0 Å². The molecule has 3 aliphatic rings. The molecule has 1 N–H and O–H groups in total. The summed E-state index contributed by atoms with van der Waals surface area (Å²) < 4.78 is 6.16. The molecule has 3 heterocycles. The van der Waals surface area contributed by atoms with Crippen molar-refractivity contribution in [1.29, 1.82) is 0 Å². The lowest BCUT2D eigenvalue weighted by Gasteiger charge is -2.44. The molecular weight excluding hydrogens is 282 g/mol. The van der Waals surface area contributed by atoms with Crippen LogP contribution in [0.4, 0.5) is 0 Å². The molecule has 4 heteroatoms. The third-order valence-electron chi connectivity index (χ3n) is 5.66. The minimum atomic E-state index is -0.207. The van der Waals surface area contributed by atoms with Gasteiger partial charge in [0.25, 0.3) is 0 Å². The van der Waals surface area contributed by atoms with E-state index in [2.05, 4.69) is 12.2 Å². The van der Waals surface area contributed by atoms with Crippen molar-refractivity contribution < 1.29 is 9.53 Å². The van der Waals surface area contributed by atoms with Crippen LogP contribution >= 0.6 is 11.8 Å². The SMILES string of the molecule is CCCC1(C(=O)C2CCOC3(CCSCC3)C2)CCCN1. The van der Waals surface area contributed by atoms with Gasteiger partial charge >= 0.3 is 0 Å². The van der Waals surface area contributed by atoms with Crippen molar-refractivity contribution in [3.05, 3.63) is 0 Å². The van der Waals surface area contributed by atoms with Gasteiger partial charge < -0.3 is 10.1 Å². The summed E-state index contributed by atoms with van der Waals surface area (Å²) in [5.41, 5.74) is -0.183. The topological polar surface area (TPSA) is 38.3 Å². The number of hydrogen-bond donors (Lipinski definition) is 1. The second kappa shape index (κ2) is 6.59. The summed E-state index contributed by atoms with van der Waals surface area (Å²) >= 11 is 2.03. The molecule has 0 aromatic rings. The van der Waals surface area contributed by atoms with E-state index in [-0.39, 0.29) is 17.1 Å². The van der Waals surface area contributed by atoms with E-state index >= 15 is 0 Å². The van der Waals surface area contributed by atoms with Gasteiger partial charge in [-0.1, -0.05) is 13.3 Å². The highest BCUT2D eigenvalue weighted by Gasteiger charge is 2.47. The first-order chi connectivity index (χ1) is 10.2. The second-order valence-corrected chi connectivity index (χ2v) is 8.29. The molecule has 3 nitrogen and oxygen atoms in total.